The zero-order valence-electron chi connectivity index (χ0n) is 10.2. The lowest BCUT2D eigenvalue weighted by molar-refractivity contribution is -0.137. The third kappa shape index (κ3) is 3.99. The maximum atomic E-state index is 12.4. The van der Waals surface area contributed by atoms with Gasteiger partial charge in [0.05, 0.1) is 10.6 Å². The molecule has 0 aliphatic carbocycles. The van der Waals surface area contributed by atoms with Crippen molar-refractivity contribution in [1.82, 2.24) is 4.98 Å². The summed E-state index contributed by atoms with van der Waals surface area (Å²) >= 11 is 1.50. The van der Waals surface area contributed by atoms with E-state index in [2.05, 4.69) is 4.98 Å². The number of hydrogen-bond donors (Lipinski definition) is 0. The Hall–Kier alpha value is -1.49. The molecule has 0 fully saturated rings. The average Bonchev–Trinajstić information content (AvgIpc) is 2.37. The SMILES string of the molecule is Cc1ccc(SCc2ccc(C(F)(F)F)cc2)nc1. The Bertz CT molecular complexity index is 532. The molecule has 0 unspecified atom stereocenters. The molecule has 0 aliphatic rings. The maximum absolute atomic E-state index is 12.4. The van der Waals surface area contributed by atoms with E-state index in [0.717, 1.165) is 28.3 Å². The van der Waals surface area contributed by atoms with Gasteiger partial charge in [-0.1, -0.05) is 18.2 Å². The molecular formula is C14H12F3NS. The minimum atomic E-state index is -4.27. The van der Waals surface area contributed by atoms with Gasteiger partial charge in [0.2, 0.25) is 0 Å². The fraction of sp³-hybridized carbons (Fsp3) is 0.214. The smallest absolute Gasteiger partial charge is 0.250 e. The number of nitrogens with zero attached hydrogens (tertiary/aromatic N) is 1. The van der Waals surface area contributed by atoms with E-state index in [-0.39, 0.29) is 0 Å². The number of hydrogen-bond acceptors (Lipinski definition) is 2. The third-order valence-corrected chi connectivity index (χ3v) is 3.57. The largest absolute Gasteiger partial charge is 0.416 e. The van der Waals surface area contributed by atoms with Gasteiger partial charge in [0.25, 0.3) is 0 Å². The predicted octanol–water partition coefficient (Wildman–Crippen LogP) is 4.70. The van der Waals surface area contributed by atoms with Crippen molar-refractivity contribution < 1.29 is 13.2 Å². The first kappa shape index (κ1) is 13.9. The van der Waals surface area contributed by atoms with Crippen LogP contribution in [0, 0.1) is 6.92 Å². The van der Waals surface area contributed by atoms with Crippen molar-refractivity contribution in [3.63, 3.8) is 0 Å². The van der Waals surface area contributed by atoms with Crippen LogP contribution in [0.2, 0.25) is 0 Å². The van der Waals surface area contributed by atoms with Crippen LogP contribution >= 0.6 is 11.8 Å². The normalized spacial score (nSPS) is 11.6. The zero-order valence-corrected chi connectivity index (χ0v) is 11.1. The number of thioether (sulfide) groups is 1. The average molecular weight is 283 g/mol. The van der Waals surface area contributed by atoms with E-state index in [1.807, 2.05) is 19.1 Å². The molecule has 5 heteroatoms. The fourth-order valence-corrected chi connectivity index (χ4v) is 2.29. The first-order chi connectivity index (χ1) is 8.95. The van der Waals surface area contributed by atoms with Gasteiger partial charge in [-0.05, 0) is 36.2 Å². The molecule has 2 aromatic rings. The Morgan fingerprint density at radius 2 is 1.74 bits per heavy atom. The summed E-state index contributed by atoms with van der Waals surface area (Å²) in [5.74, 6) is 0.605. The van der Waals surface area contributed by atoms with Crippen LogP contribution in [0.3, 0.4) is 0 Å². The van der Waals surface area contributed by atoms with E-state index in [9.17, 15) is 13.2 Å². The van der Waals surface area contributed by atoms with E-state index in [0.29, 0.717) is 5.75 Å². The maximum Gasteiger partial charge on any atom is 0.416 e. The minimum Gasteiger partial charge on any atom is -0.250 e. The summed E-state index contributed by atoms with van der Waals surface area (Å²) in [7, 11) is 0. The topological polar surface area (TPSA) is 12.9 Å². The first-order valence-electron chi connectivity index (χ1n) is 5.67. The predicted molar refractivity (Wildman–Crippen MR) is 70.0 cm³/mol. The molecule has 0 N–H and O–H groups in total. The van der Waals surface area contributed by atoms with Crippen molar-refractivity contribution >= 4 is 11.8 Å². The molecule has 1 heterocycles. The molecule has 0 atom stereocenters. The number of aryl methyl sites for hydroxylation is 1. The van der Waals surface area contributed by atoms with Gasteiger partial charge in [0, 0.05) is 11.9 Å². The molecule has 2 rings (SSSR count). The molecule has 0 saturated carbocycles. The van der Waals surface area contributed by atoms with Gasteiger partial charge in [-0.15, -0.1) is 11.8 Å². The van der Waals surface area contributed by atoms with Crippen molar-refractivity contribution in [3.05, 3.63) is 59.3 Å². The van der Waals surface area contributed by atoms with Gasteiger partial charge in [-0.25, -0.2) is 4.98 Å². The van der Waals surface area contributed by atoms with E-state index in [1.54, 1.807) is 6.20 Å². The van der Waals surface area contributed by atoms with Gasteiger partial charge in [0.1, 0.15) is 0 Å². The summed E-state index contributed by atoms with van der Waals surface area (Å²) < 4.78 is 37.2. The molecule has 19 heavy (non-hydrogen) atoms. The lowest BCUT2D eigenvalue weighted by atomic mass is 10.1. The van der Waals surface area contributed by atoms with Crippen molar-refractivity contribution in [1.29, 1.82) is 0 Å². The van der Waals surface area contributed by atoms with Gasteiger partial charge in [-0.3, -0.25) is 0 Å². The number of benzene rings is 1. The lowest BCUT2D eigenvalue weighted by Gasteiger charge is -2.07. The summed E-state index contributed by atoms with van der Waals surface area (Å²) in [6.07, 6.45) is -2.50. The van der Waals surface area contributed by atoms with Crippen LogP contribution in [0.25, 0.3) is 0 Å². The van der Waals surface area contributed by atoms with E-state index in [4.69, 9.17) is 0 Å². The number of pyridine rings is 1. The number of alkyl halides is 3. The van der Waals surface area contributed by atoms with Crippen LogP contribution in [-0.2, 0) is 11.9 Å². The number of aromatic nitrogens is 1. The van der Waals surface area contributed by atoms with Crippen molar-refractivity contribution in [2.24, 2.45) is 0 Å². The number of halogens is 3. The van der Waals surface area contributed by atoms with Crippen LogP contribution < -0.4 is 0 Å². The molecule has 1 nitrogen and oxygen atoms in total. The highest BCUT2D eigenvalue weighted by Gasteiger charge is 2.29. The fourth-order valence-electron chi connectivity index (χ4n) is 1.49. The Morgan fingerprint density at radius 3 is 2.26 bits per heavy atom. The zero-order chi connectivity index (χ0) is 13.9. The monoisotopic (exact) mass is 283 g/mol. The highest BCUT2D eigenvalue weighted by Crippen LogP contribution is 2.30. The second-order valence-electron chi connectivity index (χ2n) is 4.16. The molecule has 1 aromatic carbocycles. The second-order valence-corrected chi connectivity index (χ2v) is 5.15. The van der Waals surface area contributed by atoms with Gasteiger partial charge < -0.3 is 0 Å². The Labute approximate surface area is 113 Å². The molecule has 0 bridgehead atoms. The van der Waals surface area contributed by atoms with Gasteiger partial charge >= 0.3 is 6.18 Å². The molecule has 0 radical (unpaired) electrons. The van der Waals surface area contributed by atoms with Gasteiger partial charge in [-0.2, -0.15) is 13.2 Å². The standard InChI is InChI=1S/C14H12F3NS/c1-10-2-7-13(18-8-10)19-9-11-3-5-12(6-4-11)14(15,16)17/h2-8H,9H2,1H3. The van der Waals surface area contributed by atoms with E-state index in [1.165, 1.54) is 23.9 Å². The summed E-state index contributed by atoms with van der Waals surface area (Å²) in [5.41, 5.74) is 1.31. The summed E-state index contributed by atoms with van der Waals surface area (Å²) in [5, 5.41) is 0.866. The molecule has 0 saturated heterocycles. The molecule has 0 spiro atoms. The third-order valence-electron chi connectivity index (χ3n) is 2.55. The summed E-state index contributed by atoms with van der Waals surface area (Å²) in [4.78, 5) is 4.23. The van der Waals surface area contributed by atoms with Crippen LogP contribution in [0.4, 0.5) is 13.2 Å². The van der Waals surface area contributed by atoms with Crippen molar-refractivity contribution in [2.45, 2.75) is 23.9 Å². The summed E-state index contributed by atoms with van der Waals surface area (Å²) in [6.45, 7) is 1.96. The molecule has 1 aromatic heterocycles. The van der Waals surface area contributed by atoms with Crippen LogP contribution in [-0.4, -0.2) is 4.98 Å². The van der Waals surface area contributed by atoms with Gasteiger partial charge in [0.15, 0.2) is 0 Å². The molecular weight excluding hydrogens is 271 g/mol. The highest BCUT2D eigenvalue weighted by molar-refractivity contribution is 7.98. The summed E-state index contributed by atoms with van der Waals surface area (Å²) in [6, 6.07) is 9.09. The first-order valence-corrected chi connectivity index (χ1v) is 6.65. The van der Waals surface area contributed by atoms with Crippen LogP contribution in [0.1, 0.15) is 16.7 Å². The second kappa shape index (κ2) is 5.65. The van der Waals surface area contributed by atoms with Crippen molar-refractivity contribution in [2.75, 3.05) is 0 Å². The Kier molecular flexibility index (Phi) is 4.14. The van der Waals surface area contributed by atoms with Crippen molar-refractivity contribution in [3.8, 4) is 0 Å². The van der Waals surface area contributed by atoms with E-state index < -0.39 is 11.7 Å². The quantitative estimate of drug-likeness (QED) is 0.757. The van der Waals surface area contributed by atoms with E-state index >= 15 is 0 Å². The van der Waals surface area contributed by atoms with Crippen LogP contribution in [0.15, 0.2) is 47.6 Å². The Balaban J connectivity index is 1.98. The number of rotatable bonds is 3. The van der Waals surface area contributed by atoms with Crippen LogP contribution in [0.5, 0.6) is 0 Å². The Morgan fingerprint density at radius 1 is 1.05 bits per heavy atom. The highest BCUT2D eigenvalue weighted by atomic mass is 32.2. The molecule has 0 amide bonds. The lowest BCUT2D eigenvalue weighted by Crippen LogP contribution is -2.04. The molecule has 100 valence electrons. The minimum absolute atomic E-state index is 0.605. The molecule has 0 aliphatic heterocycles.